The number of aromatic amines is 1. The third kappa shape index (κ3) is 2.91. The summed E-state index contributed by atoms with van der Waals surface area (Å²) in [6.07, 6.45) is 0.669. The number of hydrogen-bond acceptors (Lipinski definition) is 4. The van der Waals surface area contributed by atoms with E-state index in [0.717, 1.165) is 22.4 Å². The lowest BCUT2D eigenvalue weighted by atomic mass is 10.1. The van der Waals surface area contributed by atoms with Crippen LogP contribution in [0.5, 0.6) is 0 Å². The van der Waals surface area contributed by atoms with Crippen molar-refractivity contribution in [1.82, 2.24) is 20.7 Å². The van der Waals surface area contributed by atoms with Crippen LogP contribution in [0.3, 0.4) is 0 Å². The fourth-order valence-electron chi connectivity index (χ4n) is 2.22. The zero-order valence-corrected chi connectivity index (χ0v) is 11.6. The number of benzene rings is 1. The quantitative estimate of drug-likeness (QED) is 0.776. The molecule has 1 aliphatic heterocycles. The van der Waals surface area contributed by atoms with E-state index in [0.29, 0.717) is 25.1 Å². The van der Waals surface area contributed by atoms with Crippen molar-refractivity contribution < 1.29 is 9.59 Å². The van der Waals surface area contributed by atoms with Gasteiger partial charge in [0, 0.05) is 19.4 Å². The van der Waals surface area contributed by atoms with E-state index in [-0.39, 0.29) is 11.8 Å². The van der Waals surface area contributed by atoms with E-state index in [4.69, 9.17) is 0 Å². The Labute approximate surface area is 120 Å². The van der Waals surface area contributed by atoms with Crippen molar-refractivity contribution in [1.29, 1.82) is 0 Å². The summed E-state index contributed by atoms with van der Waals surface area (Å²) in [6.45, 7) is 2.30. The number of nitrogens with one attached hydrogen (secondary N) is 3. The minimum absolute atomic E-state index is 0.161. The van der Waals surface area contributed by atoms with Gasteiger partial charge in [-0.15, -0.1) is 0 Å². The Morgan fingerprint density at radius 2 is 2.24 bits per heavy atom. The summed E-state index contributed by atoms with van der Waals surface area (Å²) in [6, 6.07) is 5.80. The molecule has 1 aromatic carbocycles. The molecule has 0 saturated carbocycles. The predicted molar refractivity (Wildman–Crippen MR) is 77.5 cm³/mol. The summed E-state index contributed by atoms with van der Waals surface area (Å²) in [5.41, 5.74) is 5.49. The minimum atomic E-state index is -0.254. The molecule has 2 heterocycles. The van der Waals surface area contributed by atoms with E-state index in [1.54, 1.807) is 0 Å². The third-order valence-electron chi connectivity index (χ3n) is 3.28. The van der Waals surface area contributed by atoms with Gasteiger partial charge in [-0.1, -0.05) is 6.07 Å². The highest BCUT2D eigenvalue weighted by Gasteiger charge is 2.17. The molecule has 3 N–H and O–H groups in total. The van der Waals surface area contributed by atoms with Crippen molar-refractivity contribution in [2.75, 3.05) is 0 Å². The third-order valence-corrected chi connectivity index (χ3v) is 3.28. The van der Waals surface area contributed by atoms with Gasteiger partial charge in [-0.05, 0) is 24.6 Å². The van der Waals surface area contributed by atoms with E-state index in [9.17, 15) is 9.59 Å². The second-order valence-corrected chi connectivity index (χ2v) is 4.95. The number of imidazole rings is 1. The van der Waals surface area contributed by atoms with Gasteiger partial charge < -0.3 is 10.3 Å². The fraction of sp³-hybridized carbons (Fsp3) is 0.286. The predicted octanol–water partition coefficient (Wildman–Crippen LogP) is 0.754. The van der Waals surface area contributed by atoms with E-state index >= 15 is 0 Å². The number of aromatic nitrogens is 2. The summed E-state index contributed by atoms with van der Waals surface area (Å²) in [5.74, 6) is 0.445. The molecule has 1 aromatic heterocycles. The molecule has 108 valence electrons. The molecule has 0 bridgehead atoms. The number of rotatable bonds is 3. The van der Waals surface area contributed by atoms with Crippen molar-refractivity contribution >= 4 is 28.6 Å². The second-order valence-electron chi connectivity index (χ2n) is 4.95. The minimum Gasteiger partial charge on any atom is -0.347 e. The lowest BCUT2D eigenvalue weighted by molar-refractivity contribution is -0.121. The highest BCUT2D eigenvalue weighted by Crippen LogP contribution is 2.13. The molecule has 0 unspecified atom stereocenters. The molecule has 0 fully saturated rings. The summed E-state index contributed by atoms with van der Waals surface area (Å²) in [5, 5.41) is 6.56. The number of H-pyrrole nitrogens is 1. The average molecular weight is 285 g/mol. The lowest BCUT2D eigenvalue weighted by Crippen LogP contribution is -2.36. The summed E-state index contributed by atoms with van der Waals surface area (Å²) >= 11 is 0. The van der Waals surface area contributed by atoms with Crippen molar-refractivity contribution in [2.45, 2.75) is 26.3 Å². The van der Waals surface area contributed by atoms with Crippen molar-refractivity contribution in [3.8, 4) is 0 Å². The number of hydrogen-bond donors (Lipinski definition) is 3. The number of fused-ring (bicyclic) bond motifs is 1. The maximum Gasteiger partial charge on any atom is 0.267 e. The molecule has 0 aliphatic carbocycles. The number of aryl methyl sites for hydroxylation is 1. The van der Waals surface area contributed by atoms with Crippen LogP contribution in [0, 0.1) is 6.92 Å². The first-order chi connectivity index (χ1) is 10.1. The van der Waals surface area contributed by atoms with Gasteiger partial charge in [-0.2, -0.15) is 5.10 Å². The Bertz CT molecular complexity index is 747. The molecule has 7 nitrogen and oxygen atoms in total. The van der Waals surface area contributed by atoms with Crippen molar-refractivity contribution in [3.05, 3.63) is 29.6 Å². The zero-order chi connectivity index (χ0) is 14.8. The monoisotopic (exact) mass is 285 g/mol. The van der Waals surface area contributed by atoms with Gasteiger partial charge in [0.1, 0.15) is 11.5 Å². The largest absolute Gasteiger partial charge is 0.347 e. The van der Waals surface area contributed by atoms with E-state index in [2.05, 4.69) is 25.8 Å². The Kier molecular flexibility index (Phi) is 3.39. The van der Waals surface area contributed by atoms with Crippen LogP contribution in [0.4, 0.5) is 0 Å². The van der Waals surface area contributed by atoms with Crippen molar-refractivity contribution in [3.63, 3.8) is 0 Å². The molecule has 0 saturated heterocycles. The molecule has 3 rings (SSSR count). The number of amides is 2. The van der Waals surface area contributed by atoms with Crippen LogP contribution in [0.25, 0.3) is 11.0 Å². The average Bonchev–Trinajstić information content (AvgIpc) is 2.84. The van der Waals surface area contributed by atoms with Gasteiger partial charge >= 0.3 is 0 Å². The molecule has 2 amide bonds. The Morgan fingerprint density at radius 1 is 1.38 bits per heavy atom. The number of carbonyl (C=O) groups is 2. The first kappa shape index (κ1) is 13.3. The molecular formula is C14H15N5O2. The molecular weight excluding hydrogens is 270 g/mol. The summed E-state index contributed by atoms with van der Waals surface area (Å²) < 4.78 is 0. The SMILES string of the molecule is Cc1nc2ccc(CNC(=O)C3=NNC(=O)CC3)cc2[nH]1. The first-order valence-corrected chi connectivity index (χ1v) is 6.70. The summed E-state index contributed by atoms with van der Waals surface area (Å²) in [7, 11) is 0. The molecule has 21 heavy (non-hydrogen) atoms. The van der Waals surface area contributed by atoms with Gasteiger partial charge in [0.25, 0.3) is 5.91 Å². The maximum absolute atomic E-state index is 11.9. The Morgan fingerprint density at radius 3 is 3.00 bits per heavy atom. The Hall–Kier alpha value is -2.70. The van der Waals surface area contributed by atoms with Crippen LogP contribution in [-0.2, 0) is 16.1 Å². The van der Waals surface area contributed by atoms with Gasteiger partial charge in [0.2, 0.25) is 5.91 Å². The van der Waals surface area contributed by atoms with Gasteiger partial charge in [0.05, 0.1) is 11.0 Å². The molecule has 0 atom stereocenters. The topological polar surface area (TPSA) is 99.2 Å². The summed E-state index contributed by atoms with van der Waals surface area (Å²) in [4.78, 5) is 30.4. The van der Waals surface area contributed by atoms with Crippen LogP contribution in [0.2, 0.25) is 0 Å². The van der Waals surface area contributed by atoms with Gasteiger partial charge in [-0.3, -0.25) is 9.59 Å². The van der Waals surface area contributed by atoms with Gasteiger partial charge in [-0.25, -0.2) is 10.4 Å². The lowest BCUT2D eigenvalue weighted by Gasteiger charge is -2.11. The standard InChI is InChI=1S/C14H15N5O2/c1-8-16-10-3-2-9(6-12(10)17-8)7-15-14(21)11-4-5-13(20)19-18-11/h2-3,6H,4-5,7H2,1H3,(H,15,21)(H,16,17)(H,19,20). The first-order valence-electron chi connectivity index (χ1n) is 6.70. The second kappa shape index (κ2) is 5.35. The maximum atomic E-state index is 11.9. The molecule has 2 aromatic rings. The smallest absolute Gasteiger partial charge is 0.267 e. The van der Waals surface area contributed by atoms with Crippen LogP contribution < -0.4 is 10.7 Å². The van der Waals surface area contributed by atoms with E-state index in [1.165, 1.54) is 0 Å². The van der Waals surface area contributed by atoms with E-state index in [1.807, 2.05) is 25.1 Å². The fourth-order valence-corrected chi connectivity index (χ4v) is 2.22. The highest BCUT2D eigenvalue weighted by molar-refractivity contribution is 6.39. The number of hydrazone groups is 1. The van der Waals surface area contributed by atoms with Crippen molar-refractivity contribution in [2.24, 2.45) is 5.10 Å². The van der Waals surface area contributed by atoms with Crippen LogP contribution in [-0.4, -0.2) is 27.5 Å². The number of nitrogens with zero attached hydrogens (tertiary/aromatic N) is 2. The van der Waals surface area contributed by atoms with Gasteiger partial charge in [0.15, 0.2) is 0 Å². The molecule has 0 radical (unpaired) electrons. The molecule has 7 heteroatoms. The Balaban J connectivity index is 1.65. The molecule has 1 aliphatic rings. The highest BCUT2D eigenvalue weighted by atomic mass is 16.2. The van der Waals surface area contributed by atoms with Crippen LogP contribution in [0.15, 0.2) is 23.3 Å². The van der Waals surface area contributed by atoms with Crippen LogP contribution >= 0.6 is 0 Å². The van der Waals surface area contributed by atoms with Crippen LogP contribution in [0.1, 0.15) is 24.2 Å². The zero-order valence-electron chi connectivity index (χ0n) is 11.6. The molecule has 0 spiro atoms. The van der Waals surface area contributed by atoms with E-state index < -0.39 is 0 Å². The number of carbonyl (C=O) groups excluding carboxylic acids is 2. The normalized spacial score (nSPS) is 14.7.